The number of halogens is 3. The lowest BCUT2D eigenvalue weighted by atomic mass is 10.1. The minimum Gasteiger partial charge on any atom is -0.385 e. The highest BCUT2D eigenvalue weighted by Gasteiger charge is 2.08. The molecule has 20 heavy (non-hydrogen) atoms. The number of anilines is 1. The van der Waals surface area contributed by atoms with Crippen molar-refractivity contribution in [2.45, 2.75) is 6.42 Å². The number of hydrogen-bond donors (Lipinski definition) is 1. The van der Waals surface area contributed by atoms with Crippen LogP contribution in [0.3, 0.4) is 0 Å². The zero-order valence-electron chi connectivity index (χ0n) is 10.5. The Balaban J connectivity index is 1.90. The Labute approximate surface area is 136 Å². The Hall–Kier alpha value is -1.03. The second kappa shape index (κ2) is 7.11. The fraction of sp³-hybridized carbons (Fsp3) is 0.133. The van der Waals surface area contributed by atoms with Gasteiger partial charge in [-0.25, -0.2) is 0 Å². The molecule has 1 N–H and O–H groups in total. The zero-order valence-corrected chi connectivity index (χ0v) is 13.6. The quantitative estimate of drug-likeness (QED) is 0.708. The second-order valence-corrected chi connectivity index (χ2v) is 5.97. The van der Waals surface area contributed by atoms with Crippen LogP contribution in [0.2, 0.25) is 10.0 Å². The van der Waals surface area contributed by atoms with E-state index in [9.17, 15) is 4.79 Å². The molecular weight excluding hydrogens is 361 g/mol. The summed E-state index contributed by atoms with van der Waals surface area (Å²) in [5.41, 5.74) is 1.55. The first kappa shape index (κ1) is 15.4. The van der Waals surface area contributed by atoms with Crippen molar-refractivity contribution < 1.29 is 4.79 Å². The molecule has 0 radical (unpaired) electrons. The summed E-state index contributed by atoms with van der Waals surface area (Å²) >= 11 is 15.1. The molecule has 104 valence electrons. The maximum atomic E-state index is 12.0. The number of ketones is 1. The van der Waals surface area contributed by atoms with Crippen molar-refractivity contribution in [3.63, 3.8) is 0 Å². The molecule has 0 fully saturated rings. The zero-order chi connectivity index (χ0) is 14.5. The summed E-state index contributed by atoms with van der Waals surface area (Å²) in [5.74, 6) is 0.0334. The maximum Gasteiger partial charge on any atom is 0.164 e. The van der Waals surface area contributed by atoms with Crippen molar-refractivity contribution in [1.29, 1.82) is 0 Å². The summed E-state index contributed by atoms with van der Waals surface area (Å²) in [6, 6.07) is 12.7. The van der Waals surface area contributed by atoms with E-state index in [0.717, 1.165) is 10.2 Å². The molecule has 2 aromatic carbocycles. The molecule has 0 aliphatic carbocycles. The van der Waals surface area contributed by atoms with E-state index in [4.69, 9.17) is 23.2 Å². The Morgan fingerprint density at radius 3 is 2.60 bits per heavy atom. The van der Waals surface area contributed by atoms with Crippen LogP contribution in [-0.2, 0) is 0 Å². The average molecular weight is 373 g/mol. The van der Waals surface area contributed by atoms with E-state index in [0.29, 0.717) is 28.6 Å². The smallest absolute Gasteiger partial charge is 0.164 e. The molecule has 0 saturated carbocycles. The molecule has 0 aromatic heterocycles. The van der Waals surface area contributed by atoms with Gasteiger partial charge in [0.15, 0.2) is 5.78 Å². The van der Waals surface area contributed by atoms with Gasteiger partial charge in [-0.1, -0.05) is 45.2 Å². The van der Waals surface area contributed by atoms with Crippen molar-refractivity contribution in [2.24, 2.45) is 0 Å². The number of Topliss-reactive ketones (excluding diaryl/α,β-unsaturated/α-hetero) is 1. The van der Waals surface area contributed by atoms with E-state index in [1.54, 1.807) is 18.2 Å². The van der Waals surface area contributed by atoms with Gasteiger partial charge in [0.05, 0.1) is 10.0 Å². The van der Waals surface area contributed by atoms with E-state index >= 15 is 0 Å². The monoisotopic (exact) mass is 371 g/mol. The number of rotatable bonds is 5. The van der Waals surface area contributed by atoms with Gasteiger partial charge in [-0.2, -0.15) is 0 Å². The molecule has 0 bridgehead atoms. The molecule has 0 aliphatic rings. The van der Waals surface area contributed by atoms with Crippen molar-refractivity contribution >= 4 is 50.6 Å². The van der Waals surface area contributed by atoms with Crippen molar-refractivity contribution in [1.82, 2.24) is 0 Å². The van der Waals surface area contributed by atoms with Gasteiger partial charge in [-0.3, -0.25) is 4.79 Å². The van der Waals surface area contributed by atoms with Crippen LogP contribution in [0.1, 0.15) is 16.8 Å². The van der Waals surface area contributed by atoms with E-state index in [2.05, 4.69) is 21.2 Å². The number of carbonyl (C=O) groups excluding carboxylic acids is 1. The number of nitrogens with one attached hydrogen (secondary N) is 1. The summed E-state index contributed by atoms with van der Waals surface area (Å²) in [6.07, 6.45) is 0.393. The predicted octanol–water partition coefficient (Wildman–Crippen LogP) is 5.44. The van der Waals surface area contributed by atoms with Crippen LogP contribution >= 0.6 is 39.1 Å². The van der Waals surface area contributed by atoms with Gasteiger partial charge in [-0.05, 0) is 36.4 Å². The third-order valence-electron chi connectivity index (χ3n) is 2.75. The Kier molecular flexibility index (Phi) is 5.46. The van der Waals surface area contributed by atoms with Gasteiger partial charge in [0.1, 0.15) is 0 Å². The van der Waals surface area contributed by atoms with Gasteiger partial charge >= 0.3 is 0 Å². The molecule has 5 heteroatoms. The molecule has 0 heterocycles. The van der Waals surface area contributed by atoms with Gasteiger partial charge < -0.3 is 5.32 Å². The van der Waals surface area contributed by atoms with Crippen LogP contribution in [0.4, 0.5) is 5.69 Å². The SMILES string of the molecule is O=C(CCNc1cccc(Br)c1)c1ccc(Cl)c(Cl)c1. The molecule has 0 atom stereocenters. The fourth-order valence-corrected chi connectivity index (χ4v) is 2.43. The van der Waals surface area contributed by atoms with Crippen molar-refractivity contribution in [2.75, 3.05) is 11.9 Å². The third kappa shape index (κ3) is 4.23. The van der Waals surface area contributed by atoms with Crippen LogP contribution in [0.5, 0.6) is 0 Å². The first-order valence-electron chi connectivity index (χ1n) is 6.04. The van der Waals surface area contributed by atoms with Crippen molar-refractivity contribution in [3.05, 3.63) is 62.5 Å². The summed E-state index contributed by atoms with van der Waals surface area (Å²) in [7, 11) is 0. The predicted molar refractivity (Wildman–Crippen MR) is 88.0 cm³/mol. The van der Waals surface area contributed by atoms with Gasteiger partial charge in [0.2, 0.25) is 0 Å². The van der Waals surface area contributed by atoms with Crippen LogP contribution in [0.25, 0.3) is 0 Å². The largest absolute Gasteiger partial charge is 0.385 e. The lowest BCUT2D eigenvalue weighted by Crippen LogP contribution is -2.08. The fourth-order valence-electron chi connectivity index (χ4n) is 1.73. The summed E-state index contributed by atoms with van der Waals surface area (Å²) in [4.78, 5) is 12.0. The molecule has 0 saturated heterocycles. The summed E-state index contributed by atoms with van der Waals surface area (Å²) in [5, 5.41) is 4.06. The number of carbonyl (C=O) groups is 1. The number of hydrogen-bond acceptors (Lipinski definition) is 2. The van der Waals surface area contributed by atoms with Crippen molar-refractivity contribution in [3.8, 4) is 0 Å². The maximum absolute atomic E-state index is 12.0. The highest BCUT2D eigenvalue weighted by molar-refractivity contribution is 9.10. The van der Waals surface area contributed by atoms with Crippen LogP contribution in [0, 0.1) is 0 Å². The van der Waals surface area contributed by atoms with Gasteiger partial charge in [0, 0.05) is 28.7 Å². The minimum absolute atomic E-state index is 0.0334. The lowest BCUT2D eigenvalue weighted by molar-refractivity contribution is 0.0986. The highest BCUT2D eigenvalue weighted by atomic mass is 79.9. The van der Waals surface area contributed by atoms with Crippen LogP contribution in [-0.4, -0.2) is 12.3 Å². The summed E-state index contributed by atoms with van der Waals surface area (Å²) < 4.78 is 0.998. The van der Waals surface area contributed by atoms with Gasteiger partial charge in [-0.15, -0.1) is 0 Å². The standard InChI is InChI=1S/C15H12BrCl2NO/c16-11-2-1-3-12(9-11)19-7-6-15(20)10-4-5-13(17)14(18)8-10/h1-5,8-9,19H,6-7H2. The molecule has 0 spiro atoms. The first-order chi connectivity index (χ1) is 9.56. The molecule has 2 aromatic rings. The van der Waals surface area contributed by atoms with Gasteiger partial charge in [0.25, 0.3) is 0 Å². The first-order valence-corrected chi connectivity index (χ1v) is 7.59. The van der Waals surface area contributed by atoms with E-state index in [1.807, 2.05) is 24.3 Å². The topological polar surface area (TPSA) is 29.1 Å². The highest BCUT2D eigenvalue weighted by Crippen LogP contribution is 2.23. The van der Waals surface area contributed by atoms with E-state index < -0.39 is 0 Å². The normalized spacial score (nSPS) is 10.3. The molecule has 2 rings (SSSR count). The van der Waals surface area contributed by atoms with E-state index in [1.165, 1.54) is 0 Å². The Morgan fingerprint density at radius 2 is 1.90 bits per heavy atom. The third-order valence-corrected chi connectivity index (χ3v) is 3.98. The number of benzene rings is 2. The van der Waals surface area contributed by atoms with Crippen LogP contribution in [0.15, 0.2) is 46.9 Å². The Bertz CT molecular complexity index is 631. The lowest BCUT2D eigenvalue weighted by Gasteiger charge is -2.07. The van der Waals surface area contributed by atoms with Crippen LogP contribution < -0.4 is 5.32 Å². The minimum atomic E-state index is 0.0334. The second-order valence-electron chi connectivity index (χ2n) is 4.24. The molecule has 0 aliphatic heterocycles. The Morgan fingerprint density at radius 1 is 1.10 bits per heavy atom. The van der Waals surface area contributed by atoms with E-state index in [-0.39, 0.29) is 5.78 Å². The molecule has 2 nitrogen and oxygen atoms in total. The summed E-state index contributed by atoms with van der Waals surface area (Å²) in [6.45, 7) is 0.565. The average Bonchev–Trinajstić information content (AvgIpc) is 2.42. The molecular formula is C15H12BrCl2NO. The molecule has 0 unspecified atom stereocenters. The molecule has 0 amide bonds.